The van der Waals surface area contributed by atoms with Gasteiger partial charge < -0.3 is 5.32 Å². The fourth-order valence-electron chi connectivity index (χ4n) is 2.13. The largest absolute Gasteiger partial charge is 0.356 e. The zero-order valence-corrected chi connectivity index (χ0v) is 12.5. The van der Waals surface area contributed by atoms with Gasteiger partial charge in [0, 0.05) is 17.3 Å². The number of aromatic nitrogens is 2. The number of amides is 1. The minimum Gasteiger partial charge on any atom is -0.306 e. The van der Waals surface area contributed by atoms with Gasteiger partial charge in [-0.15, -0.1) is 0 Å². The highest BCUT2D eigenvalue weighted by Crippen LogP contribution is 2.06. The molecule has 6 heteroatoms. The first kappa shape index (κ1) is 15.4. The monoisotopic (exact) mass is 319 g/mol. The molecule has 3 rings (SSSR count). The van der Waals surface area contributed by atoms with Gasteiger partial charge in [0.1, 0.15) is 5.82 Å². The molecule has 0 unspecified atom stereocenters. The van der Waals surface area contributed by atoms with Gasteiger partial charge in [-0.05, 0) is 30.3 Å². The summed E-state index contributed by atoms with van der Waals surface area (Å²) in [4.78, 5) is 40.1. The van der Waals surface area contributed by atoms with E-state index >= 15 is 0 Å². The van der Waals surface area contributed by atoms with Crippen LogP contribution in [0.15, 0.2) is 77.7 Å². The molecule has 0 saturated heterocycles. The zero-order chi connectivity index (χ0) is 16.9. The van der Waals surface area contributed by atoms with Crippen molar-refractivity contribution in [1.82, 2.24) is 9.55 Å². The summed E-state index contributed by atoms with van der Waals surface area (Å²) in [5.41, 5.74) is 0.0704. The van der Waals surface area contributed by atoms with E-state index in [0.29, 0.717) is 11.1 Å². The van der Waals surface area contributed by atoms with Crippen LogP contribution in [0.3, 0.4) is 0 Å². The quantitative estimate of drug-likeness (QED) is 0.802. The highest BCUT2D eigenvalue weighted by molar-refractivity contribution is 6.03. The minimum atomic E-state index is -0.755. The summed E-state index contributed by atoms with van der Waals surface area (Å²) in [6, 6.07) is 18.4. The first-order valence-corrected chi connectivity index (χ1v) is 7.21. The summed E-state index contributed by atoms with van der Waals surface area (Å²) in [7, 11) is 0. The molecular formula is C18H13N3O3. The van der Waals surface area contributed by atoms with Gasteiger partial charge >= 0.3 is 5.69 Å². The van der Waals surface area contributed by atoms with Crippen molar-refractivity contribution in [3.63, 3.8) is 0 Å². The first-order chi connectivity index (χ1) is 11.6. The van der Waals surface area contributed by atoms with Gasteiger partial charge in [0.05, 0.1) is 0 Å². The smallest absolute Gasteiger partial charge is 0.306 e. The number of anilines is 1. The predicted molar refractivity (Wildman–Crippen MR) is 89.1 cm³/mol. The van der Waals surface area contributed by atoms with Gasteiger partial charge in [-0.25, -0.2) is 9.36 Å². The van der Waals surface area contributed by atoms with Crippen molar-refractivity contribution in [1.29, 1.82) is 0 Å². The van der Waals surface area contributed by atoms with Crippen molar-refractivity contribution in [2.24, 2.45) is 0 Å². The molecule has 24 heavy (non-hydrogen) atoms. The normalized spacial score (nSPS) is 10.2. The lowest BCUT2D eigenvalue weighted by Crippen LogP contribution is -2.30. The van der Waals surface area contributed by atoms with E-state index in [1.54, 1.807) is 60.7 Å². The van der Waals surface area contributed by atoms with Crippen LogP contribution in [0.1, 0.15) is 20.7 Å². The molecule has 0 bridgehead atoms. The molecule has 0 aliphatic carbocycles. The van der Waals surface area contributed by atoms with Crippen molar-refractivity contribution in [3.8, 4) is 0 Å². The van der Waals surface area contributed by atoms with Crippen molar-refractivity contribution >= 4 is 17.6 Å². The van der Waals surface area contributed by atoms with Crippen LogP contribution >= 0.6 is 0 Å². The molecule has 0 radical (unpaired) electrons. The highest BCUT2D eigenvalue weighted by Gasteiger charge is 2.12. The Bertz CT molecular complexity index is 934. The summed E-state index contributed by atoms with van der Waals surface area (Å²) in [6.07, 6.45) is 1.30. The molecule has 0 spiro atoms. The third-order valence-corrected chi connectivity index (χ3v) is 3.32. The Morgan fingerprint density at radius 3 is 2.00 bits per heavy atom. The van der Waals surface area contributed by atoms with Crippen LogP contribution in [0.5, 0.6) is 0 Å². The number of nitrogens with one attached hydrogen (secondary N) is 1. The van der Waals surface area contributed by atoms with Gasteiger partial charge in [-0.3, -0.25) is 9.59 Å². The maximum absolute atomic E-state index is 12.3. The number of nitrogens with zero attached hydrogens (tertiary/aromatic N) is 2. The van der Waals surface area contributed by atoms with Gasteiger partial charge in [-0.2, -0.15) is 4.98 Å². The summed E-state index contributed by atoms with van der Waals surface area (Å²) in [5, 5.41) is 2.53. The van der Waals surface area contributed by atoms with Crippen molar-refractivity contribution in [2.75, 3.05) is 5.32 Å². The maximum atomic E-state index is 12.3. The highest BCUT2D eigenvalue weighted by atomic mass is 16.2. The van der Waals surface area contributed by atoms with Crippen molar-refractivity contribution in [3.05, 3.63) is 94.5 Å². The molecule has 6 nitrogen and oxygen atoms in total. The summed E-state index contributed by atoms with van der Waals surface area (Å²) >= 11 is 0. The van der Waals surface area contributed by atoms with Gasteiger partial charge in [0.15, 0.2) is 0 Å². The summed E-state index contributed by atoms with van der Waals surface area (Å²) < 4.78 is 0.896. The first-order valence-electron chi connectivity index (χ1n) is 7.21. The molecule has 0 aliphatic heterocycles. The molecule has 118 valence electrons. The Hall–Kier alpha value is -3.54. The minimum absolute atomic E-state index is 0.0889. The van der Waals surface area contributed by atoms with Crippen LogP contribution in [0.2, 0.25) is 0 Å². The van der Waals surface area contributed by atoms with E-state index in [2.05, 4.69) is 10.3 Å². The standard InChI is InChI=1S/C18H13N3O3/c22-16(13-7-3-1-4-8-13)19-15-11-12-21(18(24)20-15)17(23)14-9-5-2-6-10-14/h1-12H,(H,19,20,22,24). The second kappa shape index (κ2) is 6.70. The molecule has 0 fully saturated rings. The Kier molecular flexibility index (Phi) is 4.29. The fourth-order valence-corrected chi connectivity index (χ4v) is 2.13. The lowest BCUT2D eigenvalue weighted by atomic mass is 10.2. The Balaban J connectivity index is 1.82. The fraction of sp³-hybridized carbons (Fsp3) is 0. The van der Waals surface area contributed by atoms with Crippen molar-refractivity contribution < 1.29 is 9.59 Å². The molecule has 1 N–H and O–H groups in total. The molecule has 0 saturated carbocycles. The van der Waals surface area contributed by atoms with Crippen LogP contribution in [-0.2, 0) is 0 Å². The Labute approximate surface area is 137 Å². The second-order valence-electron chi connectivity index (χ2n) is 4.96. The van der Waals surface area contributed by atoms with E-state index in [0.717, 1.165) is 4.57 Å². The molecule has 1 amide bonds. The predicted octanol–water partition coefficient (Wildman–Crippen LogP) is 2.18. The number of hydrogen-bond acceptors (Lipinski definition) is 4. The molecule has 3 aromatic rings. The molecular weight excluding hydrogens is 306 g/mol. The Morgan fingerprint density at radius 2 is 1.42 bits per heavy atom. The number of hydrogen-bond donors (Lipinski definition) is 1. The van der Waals surface area contributed by atoms with Crippen molar-refractivity contribution in [2.45, 2.75) is 0 Å². The molecule has 1 aromatic heterocycles. The lowest BCUT2D eigenvalue weighted by Gasteiger charge is -2.06. The summed E-state index contributed by atoms with van der Waals surface area (Å²) in [6.45, 7) is 0. The number of benzene rings is 2. The maximum Gasteiger partial charge on any atom is 0.356 e. The third-order valence-electron chi connectivity index (χ3n) is 3.32. The van der Waals surface area contributed by atoms with E-state index in [1.165, 1.54) is 12.3 Å². The molecule has 0 atom stereocenters. The van der Waals surface area contributed by atoms with Gasteiger partial charge in [0.2, 0.25) is 0 Å². The van der Waals surface area contributed by atoms with E-state index < -0.39 is 11.6 Å². The molecule has 2 aromatic carbocycles. The van der Waals surface area contributed by atoms with Gasteiger partial charge in [0.25, 0.3) is 11.8 Å². The van der Waals surface area contributed by atoms with Crippen LogP contribution in [0, 0.1) is 0 Å². The topological polar surface area (TPSA) is 81.1 Å². The van der Waals surface area contributed by atoms with Crippen LogP contribution < -0.4 is 11.0 Å². The average Bonchev–Trinajstić information content (AvgIpc) is 2.63. The van der Waals surface area contributed by atoms with E-state index in [1.807, 2.05) is 0 Å². The number of rotatable bonds is 3. The SMILES string of the molecule is O=C(Nc1ccn(C(=O)c2ccccc2)c(=O)n1)c1ccccc1. The zero-order valence-electron chi connectivity index (χ0n) is 12.5. The lowest BCUT2D eigenvalue weighted by molar-refractivity contribution is 0.0954. The van der Waals surface area contributed by atoms with Crippen LogP contribution in [0.25, 0.3) is 0 Å². The number of carbonyl (C=O) groups excluding carboxylic acids is 2. The van der Waals surface area contributed by atoms with Crippen LogP contribution in [0.4, 0.5) is 5.82 Å². The average molecular weight is 319 g/mol. The van der Waals surface area contributed by atoms with E-state index in [-0.39, 0.29) is 11.7 Å². The van der Waals surface area contributed by atoms with E-state index in [9.17, 15) is 14.4 Å². The molecule has 1 heterocycles. The second-order valence-corrected chi connectivity index (χ2v) is 4.96. The van der Waals surface area contributed by atoms with E-state index in [4.69, 9.17) is 0 Å². The van der Waals surface area contributed by atoms with Gasteiger partial charge in [-0.1, -0.05) is 36.4 Å². The number of carbonyl (C=O) groups is 2. The summed E-state index contributed by atoms with van der Waals surface area (Å²) in [5.74, 6) is -0.769. The van der Waals surface area contributed by atoms with Crippen LogP contribution in [-0.4, -0.2) is 21.4 Å². The molecule has 0 aliphatic rings. The third kappa shape index (κ3) is 3.27. The Morgan fingerprint density at radius 1 is 0.833 bits per heavy atom.